The summed E-state index contributed by atoms with van der Waals surface area (Å²) >= 11 is 0. The molecule has 5 nitrogen and oxygen atoms in total. The Morgan fingerprint density at radius 3 is 2.42 bits per heavy atom. The summed E-state index contributed by atoms with van der Waals surface area (Å²) in [5.41, 5.74) is 6.47. The van der Waals surface area contributed by atoms with Crippen molar-refractivity contribution in [3.8, 4) is 5.69 Å². The van der Waals surface area contributed by atoms with E-state index in [0.29, 0.717) is 6.04 Å². The van der Waals surface area contributed by atoms with Crippen LogP contribution in [0.5, 0.6) is 0 Å². The first-order valence-corrected chi connectivity index (χ1v) is 9.08. The number of nitrogens with zero attached hydrogens (tertiary/aromatic N) is 3. The minimum atomic E-state index is -0.0659. The molecule has 0 radical (unpaired) electrons. The van der Waals surface area contributed by atoms with Crippen molar-refractivity contribution in [1.29, 1.82) is 0 Å². The van der Waals surface area contributed by atoms with Gasteiger partial charge in [0.05, 0.1) is 28.3 Å². The molecule has 2 heterocycles. The Hall–Kier alpha value is -2.82. The fourth-order valence-electron chi connectivity index (χ4n) is 3.73. The van der Waals surface area contributed by atoms with Crippen LogP contribution in [-0.2, 0) is 0 Å². The van der Waals surface area contributed by atoms with E-state index in [9.17, 15) is 4.79 Å². The molecule has 26 heavy (non-hydrogen) atoms. The molecule has 0 unspecified atom stereocenters. The maximum Gasteiger partial charge on any atom is 0.257 e. The highest BCUT2D eigenvalue weighted by Crippen LogP contribution is 2.38. The first-order chi connectivity index (χ1) is 12.5. The summed E-state index contributed by atoms with van der Waals surface area (Å²) in [7, 11) is 0. The highest BCUT2D eigenvalue weighted by Gasteiger charge is 2.28. The molecule has 134 valence electrons. The number of carbonyl (C=O) groups excluding carboxylic acids is 1. The molecule has 5 heteroatoms. The molecular formula is C21H24N4O. The quantitative estimate of drug-likeness (QED) is 0.755. The average Bonchev–Trinajstić information content (AvgIpc) is 3.36. The third-order valence-corrected chi connectivity index (χ3v) is 5.17. The predicted molar refractivity (Wildman–Crippen MR) is 103 cm³/mol. The lowest BCUT2D eigenvalue weighted by molar-refractivity contribution is 0.102. The third-order valence-electron chi connectivity index (χ3n) is 5.17. The van der Waals surface area contributed by atoms with Gasteiger partial charge in [-0.2, -0.15) is 5.10 Å². The number of para-hydroxylation sites is 1. The molecule has 0 spiro atoms. The van der Waals surface area contributed by atoms with Crippen LogP contribution in [-0.4, -0.2) is 20.3 Å². The molecule has 1 aliphatic carbocycles. The van der Waals surface area contributed by atoms with E-state index in [2.05, 4.69) is 21.9 Å². The fraction of sp³-hybridized carbons (Fsp3) is 0.333. The normalized spacial score (nSPS) is 13.8. The van der Waals surface area contributed by atoms with Crippen molar-refractivity contribution in [3.05, 3.63) is 64.7 Å². The minimum Gasteiger partial charge on any atom is -0.345 e. The number of hydrogen-bond donors (Lipinski definition) is 1. The van der Waals surface area contributed by atoms with E-state index >= 15 is 0 Å². The molecule has 0 saturated heterocycles. The van der Waals surface area contributed by atoms with Gasteiger partial charge in [0.25, 0.3) is 5.91 Å². The van der Waals surface area contributed by atoms with Crippen LogP contribution >= 0.6 is 0 Å². The van der Waals surface area contributed by atoms with E-state index in [0.717, 1.165) is 39.7 Å². The summed E-state index contributed by atoms with van der Waals surface area (Å²) in [5.74, 6) is -0.0659. The van der Waals surface area contributed by atoms with Crippen molar-refractivity contribution >= 4 is 11.6 Å². The second kappa shape index (κ2) is 6.16. The lowest BCUT2D eigenvalue weighted by Crippen LogP contribution is -2.14. The summed E-state index contributed by atoms with van der Waals surface area (Å²) in [4.78, 5) is 12.9. The lowest BCUT2D eigenvalue weighted by Gasteiger charge is -2.09. The number of amides is 1. The van der Waals surface area contributed by atoms with Crippen LogP contribution < -0.4 is 5.32 Å². The Morgan fingerprint density at radius 1 is 1.08 bits per heavy atom. The SMILES string of the molecule is Cc1nn(-c2ccccc2)c(C)c1NC(=O)c1cc(C)n(C2CC2)c1C. The van der Waals surface area contributed by atoms with Crippen LogP contribution in [0.3, 0.4) is 0 Å². The highest BCUT2D eigenvalue weighted by molar-refractivity contribution is 6.06. The number of anilines is 1. The van der Waals surface area contributed by atoms with E-state index in [1.54, 1.807) is 0 Å². The lowest BCUT2D eigenvalue weighted by atomic mass is 10.2. The number of aryl methyl sites for hydroxylation is 2. The zero-order chi connectivity index (χ0) is 18.4. The van der Waals surface area contributed by atoms with Gasteiger partial charge in [-0.15, -0.1) is 0 Å². The van der Waals surface area contributed by atoms with Crippen LogP contribution in [0, 0.1) is 27.7 Å². The van der Waals surface area contributed by atoms with Crippen molar-refractivity contribution in [2.24, 2.45) is 0 Å². The van der Waals surface area contributed by atoms with Gasteiger partial charge in [0.15, 0.2) is 0 Å². The van der Waals surface area contributed by atoms with Gasteiger partial charge in [0.1, 0.15) is 0 Å². The van der Waals surface area contributed by atoms with Gasteiger partial charge in [0, 0.05) is 17.4 Å². The third kappa shape index (κ3) is 2.73. The molecule has 0 aliphatic heterocycles. The van der Waals surface area contributed by atoms with E-state index in [1.165, 1.54) is 12.8 Å². The summed E-state index contributed by atoms with van der Waals surface area (Å²) in [6.07, 6.45) is 2.42. The van der Waals surface area contributed by atoms with Crippen molar-refractivity contribution in [3.63, 3.8) is 0 Å². The highest BCUT2D eigenvalue weighted by atomic mass is 16.1. The smallest absolute Gasteiger partial charge is 0.257 e. The van der Waals surface area contributed by atoms with Crippen LogP contribution in [0.1, 0.15) is 52.0 Å². The van der Waals surface area contributed by atoms with Crippen molar-refractivity contribution in [1.82, 2.24) is 14.3 Å². The monoisotopic (exact) mass is 348 g/mol. The number of nitrogens with one attached hydrogen (secondary N) is 1. The zero-order valence-electron chi connectivity index (χ0n) is 15.7. The maximum absolute atomic E-state index is 12.9. The number of aromatic nitrogens is 3. The topological polar surface area (TPSA) is 51.9 Å². The molecule has 1 saturated carbocycles. The van der Waals surface area contributed by atoms with Gasteiger partial charge in [-0.05, 0) is 58.7 Å². The molecule has 2 aromatic heterocycles. The van der Waals surface area contributed by atoms with Crippen LogP contribution in [0.25, 0.3) is 5.69 Å². The molecule has 3 aromatic rings. The second-order valence-corrected chi connectivity index (χ2v) is 7.13. The number of rotatable bonds is 4. The van der Waals surface area contributed by atoms with Gasteiger partial charge >= 0.3 is 0 Å². The Morgan fingerprint density at radius 2 is 1.77 bits per heavy atom. The van der Waals surface area contributed by atoms with E-state index < -0.39 is 0 Å². The van der Waals surface area contributed by atoms with E-state index in [4.69, 9.17) is 0 Å². The minimum absolute atomic E-state index is 0.0659. The number of benzene rings is 1. The molecule has 0 bridgehead atoms. The Balaban J connectivity index is 1.65. The molecule has 4 rings (SSSR count). The van der Waals surface area contributed by atoms with Crippen LogP contribution in [0.15, 0.2) is 36.4 Å². The molecule has 0 atom stereocenters. The molecule has 1 aromatic carbocycles. The Labute approximate surface area is 153 Å². The maximum atomic E-state index is 12.9. The molecule has 1 aliphatic rings. The van der Waals surface area contributed by atoms with E-state index in [-0.39, 0.29) is 5.91 Å². The first-order valence-electron chi connectivity index (χ1n) is 9.08. The van der Waals surface area contributed by atoms with Gasteiger partial charge in [-0.25, -0.2) is 4.68 Å². The summed E-state index contributed by atoms with van der Waals surface area (Å²) < 4.78 is 4.17. The second-order valence-electron chi connectivity index (χ2n) is 7.13. The average molecular weight is 348 g/mol. The van der Waals surface area contributed by atoms with Gasteiger partial charge in [-0.1, -0.05) is 18.2 Å². The van der Waals surface area contributed by atoms with Gasteiger partial charge in [0.2, 0.25) is 0 Å². The largest absolute Gasteiger partial charge is 0.345 e. The van der Waals surface area contributed by atoms with Crippen LogP contribution in [0.2, 0.25) is 0 Å². The molecule has 1 amide bonds. The fourth-order valence-corrected chi connectivity index (χ4v) is 3.73. The van der Waals surface area contributed by atoms with Crippen molar-refractivity contribution < 1.29 is 4.79 Å². The van der Waals surface area contributed by atoms with Crippen molar-refractivity contribution in [2.75, 3.05) is 5.32 Å². The summed E-state index contributed by atoms with van der Waals surface area (Å²) in [6, 6.07) is 12.5. The first kappa shape index (κ1) is 16.6. The zero-order valence-corrected chi connectivity index (χ0v) is 15.7. The predicted octanol–water partition coefficient (Wildman–Crippen LogP) is 4.49. The molecule has 1 fully saturated rings. The van der Waals surface area contributed by atoms with Gasteiger partial charge < -0.3 is 9.88 Å². The number of carbonyl (C=O) groups is 1. The van der Waals surface area contributed by atoms with Crippen LogP contribution in [0.4, 0.5) is 5.69 Å². The molecule has 1 N–H and O–H groups in total. The Bertz CT molecular complexity index is 977. The summed E-state index contributed by atoms with van der Waals surface area (Å²) in [6.45, 7) is 8.02. The number of hydrogen-bond acceptors (Lipinski definition) is 2. The van der Waals surface area contributed by atoms with Crippen molar-refractivity contribution in [2.45, 2.75) is 46.6 Å². The Kier molecular flexibility index (Phi) is 3.94. The van der Waals surface area contributed by atoms with Gasteiger partial charge in [-0.3, -0.25) is 4.79 Å². The van der Waals surface area contributed by atoms with E-state index in [1.807, 2.05) is 61.9 Å². The molecular weight excluding hydrogens is 324 g/mol. The summed E-state index contributed by atoms with van der Waals surface area (Å²) in [5, 5.41) is 7.70. The standard InChI is InChI=1S/C21H24N4O/c1-13-12-19(15(3)24(13)17-10-11-17)21(26)22-20-14(2)23-25(16(20)4)18-8-6-5-7-9-18/h5-9,12,17H,10-11H2,1-4H3,(H,22,26).